The van der Waals surface area contributed by atoms with Crippen LogP contribution in [0.15, 0.2) is 42.9 Å². The Kier molecular flexibility index (Phi) is 5.17. The predicted octanol–water partition coefficient (Wildman–Crippen LogP) is 2.06. The minimum atomic E-state index is -4.03. The van der Waals surface area contributed by atoms with Gasteiger partial charge < -0.3 is 15.0 Å². The minimum absolute atomic E-state index is 0.0171. The van der Waals surface area contributed by atoms with E-state index in [2.05, 4.69) is 39.6 Å². The highest BCUT2D eigenvalue weighted by molar-refractivity contribution is 7.84. The number of anilines is 1. The van der Waals surface area contributed by atoms with Crippen LogP contribution in [-0.4, -0.2) is 40.8 Å². The van der Waals surface area contributed by atoms with Crippen molar-refractivity contribution in [3.05, 3.63) is 54.0 Å². The fourth-order valence-corrected chi connectivity index (χ4v) is 5.28. The van der Waals surface area contributed by atoms with Crippen LogP contribution in [0.25, 0.3) is 11.0 Å². The lowest BCUT2D eigenvalue weighted by molar-refractivity contribution is 0.100. The van der Waals surface area contributed by atoms with Crippen molar-refractivity contribution in [2.24, 2.45) is 11.1 Å². The standard InChI is InChI=1S/C21H25N5O4S/c22-31(28,29)30-11-14-9-15(10-19(14)27)26-8-7-17-20(23-12-24-21(17)26)25-18-6-5-13-3-1-2-4-16(13)18/h1-4,7-8,12,14-15,18-19,27H,5-6,9-11H2,(H2,22,28,29)(H,23,24,25)/t14-,15+,18-,19?/m0/s1. The lowest BCUT2D eigenvalue weighted by Crippen LogP contribution is -2.24. The first kappa shape index (κ1) is 20.4. The summed E-state index contributed by atoms with van der Waals surface area (Å²) in [5.74, 6) is 0.480. The van der Waals surface area contributed by atoms with Crippen LogP contribution in [0.2, 0.25) is 0 Å². The molecule has 3 aromatic rings. The van der Waals surface area contributed by atoms with Gasteiger partial charge in [-0.05, 0) is 42.9 Å². The zero-order chi connectivity index (χ0) is 21.6. The maximum Gasteiger partial charge on any atom is 0.333 e. The SMILES string of the molecule is NS(=O)(=O)OC[C@@H]1C[C@@H](n2ccc3c(N[C@H]4CCc5ccccc54)ncnc32)CC1O. The van der Waals surface area contributed by atoms with Gasteiger partial charge in [-0.1, -0.05) is 24.3 Å². The Morgan fingerprint density at radius 2 is 2.06 bits per heavy atom. The Balaban J connectivity index is 1.37. The number of aliphatic hydroxyl groups is 1. The molecule has 2 aromatic heterocycles. The summed E-state index contributed by atoms with van der Waals surface area (Å²) in [5, 5.41) is 19.8. The molecule has 0 amide bonds. The van der Waals surface area contributed by atoms with E-state index in [9.17, 15) is 13.5 Å². The van der Waals surface area contributed by atoms with E-state index in [1.807, 2.05) is 16.8 Å². The topological polar surface area (TPSA) is 132 Å². The highest BCUT2D eigenvalue weighted by atomic mass is 32.2. The van der Waals surface area contributed by atoms with Crippen molar-refractivity contribution in [2.75, 3.05) is 11.9 Å². The van der Waals surface area contributed by atoms with E-state index in [0.29, 0.717) is 12.8 Å². The maximum absolute atomic E-state index is 11.1. The number of benzene rings is 1. The van der Waals surface area contributed by atoms with E-state index >= 15 is 0 Å². The van der Waals surface area contributed by atoms with Crippen LogP contribution in [0.3, 0.4) is 0 Å². The van der Waals surface area contributed by atoms with Crippen molar-refractivity contribution >= 4 is 27.2 Å². The average molecular weight is 444 g/mol. The molecule has 2 aliphatic rings. The van der Waals surface area contributed by atoms with Crippen LogP contribution < -0.4 is 10.5 Å². The first-order valence-electron chi connectivity index (χ1n) is 10.4. The van der Waals surface area contributed by atoms with Gasteiger partial charge in [0.2, 0.25) is 0 Å². The summed E-state index contributed by atoms with van der Waals surface area (Å²) in [4.78, 5) is 8.97. The van der Waals surface area contributed by atoms with Gasteiger partial charge in [-0.15, -0.1) is 0 Å². The first-order valence-corrected chi connectivity index (χ1v) is 11.9. The molecule has 4 N–H and O–H groups in total. The number of nitrogens with two attached hydrogens (primary N) is 1. The molecular formula is C21H25N5O4S. The van der Waals surface area contributed by atoms with E-state index in [1.165, 1.54) is 11.1 Å². The molecule has 0 aliphatic heterocycles. The minimum Gasteiger partial charge on any atom is -0.393 e. The molecular weight excluding hydrogens is 418 g/mol. The molecule has 1 aromatic carbocycles. The molecule has 0 saturated heterocycles. The third-order valence-electron chi connectivity index (χ3n) is 6.43. The van der Waals surface area contributed by atoms with Crippen molar-refractivity contribution in [3.63, 3.8) is 0 Å². The van der Waals surface area contributed by atoms with Gasteiger partial charge >= 0.3 is 10.3 Å². The summed E-state index contributed by atoms with van der Waals surface area (Å²) in [6.07, 6.45) is 5.96. The molecule has 164 valence electrons. The van der Waals surface area contributed by atoms with Crippen LogP contribution in [0.5, 0.6) is 0 Å². The van der Waals surface area contributed by atoms with Gasteiger partial charge in [-0.2, -0.15) is 8.42 Å². The zero-order valence-corrected chi connectivity index (χ0v) is 17.7. The smallest absolute Gasteiger partial charge is 0.333 e. The molecule has 5 rings (SSSR count). The monoisotopic (exact) mass is 443 g/mol. The summed E-state index contributed by atoms with van der Waals surface area (Å²) in [5.41, 5.74) is 3.47. The van der Waals surface area contributed by atoms with Gasteiger partial charge in [-0.3, -0.25) is 4.18 Å². The molecule has 1 saturated carbocycles. The number of aryl methyl sites for hydroxylation is 1. The quantitative estimate of drug-likeness (QED) is 0.531. The summed E-state index contributed by atoms with van der Waals surface area (Å²) in [6, 6.07) is 10.6. The first-order chi connectivity index (χ1) is 14.9. The highest BCUT2D eigenvalue weighted by Gasteiger charge is 2.35. The largest absolute Gasteiger partial charge is 0.393 e. The van der Waals surface area contributed by atoms with E-state index in [1.54, 1.807) is 6.33 Å². The normalized spacial score (nSPS) is 25.7. The molecule has 4 atom stereocenters. The molecule has 0 bridgehead atoms. The second-order valence-corrected chi connectivity index (χ2v) is 9.57. The molecule has 9 nitrogen and oxygen atoms in total. The molecule has 1 unspecified atom stereocenters. The van der Waals surface area contributed by atoms with E-state index in [-0.39, 0.29) is 24.6 Å². The van der Waals surface area contributed by atoms with Crippen molar-refractivity contribution < 1.29 is 17.7 Å². The summed E-state index contributed by atoms with van der Waals surface area (Å²) in [6.45, 7) is -0.126. The highest BCUT2D eigenvalue weighted by Crippen LogP contribution is 2.39. The van der Waals surface area contributed by atoms with Crippen molar-refractivity contribution in [3.8, 4) is 0 Å². The second kappa shape index (κ2) is 7.86. The van der Waals surface area contributed by atoms with Gasteiger partial charge in [-0.25, -0.2) is 15.1 Å². The molecule has 2 aliphatic carbocycles. The Bertz CT molecular complexity index is 1210. The Morgan fingerprint density at radius 3 is 2.90 bits per heavy atom. The number of nitrogens with one attached hydrogen (secondary N) is 1. The van der Waals surface area contributed by atoms with Crippen LogP contribution >= 0.6 is 0 Å². The summed E-state index contributed by atoms with van der Waals surface area (Å²) >= 11 is 0. The number of nitrogens with zero attached hydrogens (tertiary/aromatic N) is 3. The van der Waals surface area contributed by atoms with Gasteiger partial charge in [0.15, 0.2) is 0 Å². The number of rotatable bonds is 6. The van der Waals surface area contributed by atoms with Gasteiger partial charge in [0.25, 0.3) is 0 Å². The van der Waals surface area contributed by atoms with Crippen LogP contribution in [0.4, 0.5) is 5.82 Å². The zero-order valence-electron chi connectivity index (χ0n) is 16.9. The molecule has 2 heterocycles. The third kappa shape index (κ3) is 4.03. The second-order valence-electron chi connectivity index (χ2n) is 8.35. The predicted molar refractivity (Wildman–Crippen MR) is 115 cm³/mol. The van der Waals surface area contributed by atoms with E-state index in [0.717, 1.165) is 29.7 Å². The number of aromatic nitrogens is 3. The molecule has 1 fully saturated rings. The van der Waals surface area contributed by atoms with Crippen molar-refractivity contribution in [1.29, 1.82) is 0 Å². The van der Waals surface area contributed by atoms with Crippen LogP contribution in [0, 0.1) is 5.92 Å². The van der Waals surface area contributed by atoms with Crippen molar-refractivity contribution in [1.82, 2.24) is 14.5 Å². The number of hydrogen-bond donors (Lipinski definition) is 3. The third-order valence-corrected chi connectivity index (χ3v) is 6.89. The molecule has 0 radical (unpaired) electrons. The summed E-state index contributed by atoms with van der Waals surface area (Å²) in [7, 11) is -4.03. The lowest BCUT2D eigenvalue weighted by atomic mass is 10.1. The van der Waals surface area contributed by atoms with E-state index < -0.39 is 16.4 Å². The average Bonchev–Trinajstić information content (AvgIpc) is 3.43. The van der Waals surface area contributed by atoms with Crippen LogP contribution in [-0.2, 0) is 20.9 Å². The van der Waals surface area contributed by atoms with Crippen LogP contribution in [0.1, 0.15) is 42.5 Å². The van der Waals surface area contributed by atoms with Crippen molar-refractivity contribution in [2.45, 2.75) is 43.9 Å². The fraction of sp³-hybridized carbons (Fsp3) is 0.429. The lowest BCUT2D eigenvalue weighted by Gasteiger charge is -2.16. The Morgan fingerprint density at radius 1 is 1.23 bits per heavy atom. The Hall–Kier alpha value is -2.53. The van der Waals surface area contributed by atoms with Gasteiger partial charge in [0.1, 0.15) is 17.8 Å². The maximum atomic E-state index is 11.1. The Labute approximate surface area is 180 Å². The number of hydrogen-bond acceptors (Lipinski definition) is 7. The number of aliphatic hydroxyl groups excluding tert-OH is 1. The molecule has 0 spiro atoms. The van der Waals surface area contributed by atoms with Gasteiger partial charge in [0.05, 0.1) is 24.1 Å². The summed E-state index contributed by atoms with van der Waals surface area (Å²) < 4.78 is 28.9. The fourth-order valence-electron chi connectivity index (χ4n) is 4.92. The number of fused-ring (bicyclic) bond motifs is 2. The molecule has 10 heteroatoms. The van der Waals surface area contributed by atoms with Gasteiger partial charge in [0, 0.05) is 18.2 Å². The molecule has 31 heavy (non-hydrogen) atoms. The van der Waals surface area contributed by atoms with E-state index in [4.69, 9.17) is 9.32 Å².